The van der Waals surface area contributed by atoms with Crippen LogP contribution < -0.4 is 41.5 Å². The predicted octanol–water partition coefficient (Wildman–Crippen LogP) is 15.4. The van der Waals surface area contributed by atoms with Crippen molar-refractivity contribution in [2.24, 2.45) is 0 Å². The molecule has 2 atom stereocenters. The van der Waals surface area contributed by atoms with E-state index in [0.717, 1.165) is 38.5 Å². The van der Waals surface area contributed by atoms with Gasteiger partial charge in [-0.3, -0.25) is 4.57 Å². The van der Waals surface area contributed by atoms with E-state index in [4.69, 9.17) is 15.0 Å². The molecular formula is C89H62N4Si2. The third-order valence-electron chi connectivity index (χ3n) is 20.4. The fourth-order valence-electron chi connectivity index (χ4n) is 16.5. The third kappa shape index (κ3) is 8.90. The number of hydrogen-bond acceptors (Lipinski definition) is 3. The van der Waals surface area contributed by atoms with E-state index in [9.17, 15) is 0 Å². The maximum Gasteiger partial charge on any atom is 0.238 e. The number of rotatable bonds is 13. The zero-order chi connectivity index (χ0) is 62.9. The Hall–Kier alpha value is -11.7. The summed E-state index contributed by atoms with van der Waals surface area (Å²) in [5, 5.41) is 12.9. The molecule has 3 aliphatic rings. The van der Waals surface area contributed by atoms with Gasteiger partial charge in [0.15, 0.2) is 27.8 Å². The van der Waals surface area contributed by atoms with Gasteiger partial charge in [0.1, 0.15) is 0 Å². The highest BCUT2D eigenvalue weighted by Gasteiger charge is 2.50. The van der Waals surface area contributed by atoms with E-state index in [2.05, 4.69) is 369 Å². The lowest BCUT2D eigenvalue weighted by Gasteiger charge is -2.47. The summed E-state index contributed by atoms with van der Waals surface area (Å²) >= 11 is 0. The highest BCUT2D eigenvalue weighted by Crippen LogP contribution is 2.58. The molecule has 2 heterocycles. The van der Waals surface area contributed by atoms with Crippen molar-refractivity contribution in [3.05, 3.63) is 397 Å². The van der Waals surface area contributed by atoms with Crippen molar-refractivity contribution < 1.29 is 0 Å². The number of fused-ring (bicyclic) bond motifs is 3. The van der Waals surface area contributed by atoms with Crippen molar-refractivity contribution in [3.8, 4) is 51.0 Å². The molecule has 0 aliphatic heterocycles. The molecule has 2 unspecified atom stereocenters. The van der Waals surface area contributed by atoms with Gasteiger partial charge in [-0.15, -0.1) is 0 Å². The van der Waals surface area contributed by atoms with Crippen LogP contribution in [0.5, 0.6) is 0 Å². The Kier molecular flexibility index (Phi) is 13.7. The number of para-hydroxylation sites is 2. The van der Waals surface area contributed by atoms with E-state index in [0.29, 0.717) is 17.6 Å². The zero-order valence-corrected chi connectivity index (χ0v) is 54.1. The van der Waals surface area contributed by atoms with Gasteiger partial charge < -0.3 is 0 Å². The van der Waals surface area contributed by atoms with E-state index in [1.807, 2.05) is 0 Å². The minimum Gasteiger partial charge on any atom is -0.278 e. The fraction of sp³-hybridized carbons (Fsp3) is 0.0225. The van der Waals surface area contributed by atoms with Crippen molar-refractivity contribution in [1.82, 2.24) is 19.5 Å². The fourth-order valence-corrected chi connectivity index (χ4v) is 26.4. The minimum absolute atomic E-state index is 0.0153. The molecule has 446 valence electrons. The molecular weight excluding hydrogens is 1180 g/mol. The van der Waals surface area contributed by atoms with Gasteiger partial charge in [-0.1, -0.05) is 352 Å². The average molecular weight is 1240 g/mol. The first-order chi connectivity index (χ1) is 47.2. The molecule has 19 rings (SSSR count). The van der Waals surface area contributed by atoms with E-state index in [1.165, 1.54) is 91.6 Å². The summed E-state index contributed by atoms with van der Waals surface area (Å²) in [6, 6.07) is 136. The molecule has 0 N–H and O–H groups in total. The number of benzene rings is 14. The molecule has 0 fully saturated rings. The SMILES string of the molecule is c1ccc(-c2cccc([Si](c3ccccc3)(c3ccccc3)c3cccc4c3C3c5ccccc5C4c4cccc(-c5ccccc5-c5nc(-c6cccc([Si](c7ccccc7)(c7ccccc7)c7ccccc7)c6)nc(-n6c7ccccc7c7ccccc76)n5)c43)c2)cc1. The molecule has 16 aromatic rings. The summed E-state index contributed by atoms with van der Waals surface area (Å²) in [6.45, 7) is 0. The van der Waals surface area contributed by atoms with Crippen LogP contribution in [-0.4, -0.2) is 35.7 Å². The topological polar surface area (TPSA) is 43.6 Å². The van der Waals surface area contributed by atoms with Crippen molar-refractivity contribution >= 4 is 79.4 Å². The Balaban J connectivity index is 0.879. The second-order valence-corrected chi connectivity index (χ2v) is 32.7. The van der Waals surface area contributed by atoms with Crippen LogP contribution in [-0.2, 0) is 0 Å². The van der Waals surface area contributed by atoms with Gasteiger partial charge in [0.25, 0.3) is 0 Å². The Morgan fingerprint density at radius 1 is 0.242 bits per heavy atom. The van der Waals surface area contributed by atoms with Gasteiger partial charge in [-0.05, 0) is 109 Å². The monoisotopic (exact) mass is 1240 g/mol. The van der Waals surface area contributed by atoms with Crippen LogP contribution in [0.2, 0.25) is 0 Å². The van der Waals surface area contributed by atoms with Crippen molar-refractivity contribution in [2.75, 3.05) is 0 Å². The van der Waals surface area contributed by atoms with Crippen LogP contribution in [0.1, 0.15) is 45.2 Å². The first kappa shape index (κ1) is 56.1. The highest BCUT2D eigenvalue weighted by atomic mass is 28.3. The van der Waals surface area contributed by atoms with Gasteiger partial charge >= 0.3 is 0 Å². The molecule has 14 aromatic carbocycles. The maximum absolute atomic E-state index is 5.76. The number of nitrogens with zero attached hydrogens (tertiary/aromatic N) is 4. The summed E-state index contributed by atoms with van der Waals surface area (Å²) in [7, 11) is -6.17. The quantitative estimate of drug-likeness (QED) is 0.0853. The third-order valence-corrected chi connectivity index (χ3v) is 29.9. The second-order valence-electron chi connectivity index (χ2n) is 25.2. The molecule has 3 aliphatic carbocycles. The highest BCUT2D eigenvalue weighted by molar-refractivity contribution is 7.20. The summed E-state index contributed by atoms with van der Waals surface area (Å²) in [4.78, 5) is 17.2. The van der Waals surface area contributed by atoms with Crippen LogP contribution in [0.25, 0.3) is 72.8 Å². The average Bonchev–Trinajstić information content (AvgIpc) is 1.17. The van der Waals surface area contributed by atoms with Gasteiger partial charge in [-0.2, -0.15) is 9.97 Å². The molecule has 0 amide bonds. The Morgan fingerprint density at radius 3 is 1.20 bits per heavy atom. The second kappa shape index (κ2) is 23.2. The minimum atomic E-state index is -3.20. The van der Waals surface area contributed by atoms with Gasteiger partial charge in [0.2, 0.25) is 5.95 Å². The Bertz CT molecular complexity index is 5370. The molecule has 0 radical (unpaired) electrons. The summed E-state index contributed by atoms with van der Waals surface area (Å²) in [6.07, 6.45) is 0. The molecule has 6 heteroatoms. The van der Waals surface area contributed by atoms with Crippen LogP contribution in [0, 0.1) is 0 Å². The lowest BCUT2D eigenvalue weighted by Crippen LogP contribution is -2.75. The molecule has 2 aromatic heterocycles. The summed E-state index contributed by atoms with van der Waals surface area (Å²) in [5.41, 5.74) is 16.8. The number of hydrogen-bond donors (Lipinski definition) is 0. The maximum atomic E-state index is 5.76. The molecule has 0 saturated heterocycles. The van der Waals surface area contributed by atoms with E-state index in [-0.39, 0.29) is 11.8 Å². The largest absolute Gasteiger partial charge is 0.278 e. The molecule has 95 heavy (non-hydrogen) atoms. The normalized spacial score (nSPS) is 13.9. The van der Waals surface area contributed by atoms with Crippen LogP contribution in [0.15, 0.2) is 364 Å². The van der Waals surface area contributed by atoms with E-state index >= 15 is 0 Å². The van der Waals surface area contributed by atoms with Gasteiger partial charge in [0.05, 0.1) is 11.0 Å². The van der Waals surface area contributed by atoms with Crippen LogP contribution in [0.3, 0.4) is 0 Å². The zero-order valence-electron chi connectivity index (χ0n) is 52.1. The molecule has 0 saturated carbocycles. The van der Waals surface area contributed by atoms with E-state index in [1.54, 1.807) is 0 Å². The summed E-state index contributed by atoms with van der Waals surface area (Å²) in [5.74, 6) is 1.62. The van der Waals surface area contributed by atoms with Gasteiger partial charge in [0, 0.05) is 33.7 Å². The van der Waals surface area contributed by atoms with Crippen molar-refractivity contribution in [2.45, 2.75) is 11.8 Å². The molecule has 2 bridgehead atoms. The van der Waals surface area contributed by atoms with Crippen LogP contribution in [0.4, 0.5) is 0 Å². The first-order valence-corrected chi connectivity index (χ1v) is 36.9. The van der Waals surface area contributed by atoms with Crippen molar-refractivity contribution in [3.63, 3.8) is 0 Å². The Labute approximate surface area is 555 Å². The summed E-state index contributed by atoms with van der Waals surface area (Å²) < 4.78 is 2.24. The number of aromatic nitrogens is 4. The Morgan fingerprint density at radius 2 is 0.621 bits per heavy atom. The van der Waals surface area contributed by atoms with E-state index < -0.39 is 16.1 Å². The predicted molar refractivity (Wildman–Crippen MR) is 398 cm³/mol. The van der Waals surface area contributed by atoms with Gasteiger partial charge in [-0.25, -0.2) is 4.98 Å². The van der Waals surface area contributed by atoms with Crippen LogP contribution >= 0.6 is 0 Å². The molecule has 0 spiro atoms. The standard InChI is InChI=1S/C89H62N4Si2/c1-7-31-61(32-8-1)62-33-27-46-70(59-62)95(67-41-15-5-16-42-67,68-43-17-6-18-44-68)82-58-30-55-79-83-75-50-20-21-51-76(75)86(85(79)82)84-74(53-29-54-78(83)84)71-47-19-22-52-77(71)88-90-87(91-89(92-88)93-80-56-25-23-48-72(80)73-49-24-26-57-81(73)93)63-34-28-45-69(60-63)94(64-35-9-2-10-36-64,65-37-11-3-12-38-65)66-39-13-4-14-40-66/h1-60,83,86H. The lowest BCUT2D eigenvalue weighted by molar-refractivity contribution is 0.760. The lowest BCUT2D eigenvalue weighted by atomic mass is 9.60. The smallest absolute Gasteiger partial charge is 0.238 e. The molecule has 4 nitrogen and oxygen atoms in total. The first-order valence-electron chi connectivity index (χ1n) is 32.9. The van der Waals surface area contributed by atoms with Crippen molar-refractivity contribution in [1.29, 1.82) is 0 Å².